The van der Waals surface area contributed by atoms with Crippen LogP contribution in [0.4, 0.5) is 0 Å². The summed E-state index contributed by atoms with van der Waals surface area (Å²) in [5.41, 5.74) is 1.52. The molecule has 0 aromatic rings. The average Bonchev–Trinajstić information content (AvgIpc) is 2.15. The Morgan fingerprint density at radius 2 is 1.71 bits per heavy atom. The summed E-state index contributed by atoms with van der Waals surface area (Å²) >= 11 is 5.02. The quantitative estimate of drug-likeness (QED) is 0.254. The van der Waals surface area contributed by atoms with Crippen LogP contribution in [0.1, 0.15) is 0 Å². The summed E-state index contributed by atoms with van der Waals surface area (Å²) in [5, 5.41) is 26.6. The molecule has 8 heteroatoms. The van der Waals surface area contributed by atoms with Crippen LogP contribution in [0.15, 0.2) is 0 Å². The van der Waals surface area contributed by atoms with Gasteiger partial charge in [0, 0.05) is 0 Å². The first-order valence-corrected chi connectivity index (χ1v) is 4.05. The summed E-state index contributed by atoms with van der Waals surface area (Å²) in [6.07, 6.45) is 0. The predicted molar refractivity (Wildman–Crippen MR) is 45.7 cm³/mol. The highest BCUT2D eigenvalue weighted by atomic mass is 35.5. The second-order valence-electron chi connectivity index (χ2n) is 2.41. The Labute approximate surface area is 84.6 Å². The van der Waals surface area contributed by atoms with Crippen LogP contribution in [-0.2, 0) is 9.59 Å². The summed E-state index contributed by atoms with van der Waals surface area (Å²) in [6, 6.07) is -2.51. The van der Waals surface area contributed by atoms with Crippen molar-refractivity contribution in [1.29, 1.82) is 0 Å². The molecule has 0 radical (unpaired) electrons. The number of hydrogen-bond acceptors (Lipinski definition) is 6. The number of carbonyl (C=O) groups excluding carboxylic acids is 2. The van der Waals surface area contributed by atoms with E-state index in [0.717, 1.165) is 0 Å². The van der Waals surface area contributed by atoms with E-state index in [9.17, 15) is 9.59 Å². The lowest BCUT2D eigenvalue weighted by Crippen LogP contribution is -2.51. The molecule has 0 aliphatic carbocycles. The van der Waals surface area contributed by atoms with Gasteiger partial charge in [-0.1, -0.05) is 0 Å². The Morgan fingerprint density at radius 1 is 1.21 bits per heavy atom. The molecule has 0 fully saturated rings. The van der Waals surface area contributed by atoms with Crippen LogP contribution in [0.5, 0.6) is 0 Å². The van der Waals surface area contributed by atoms with E-state index in [4.69, 9.17) is 27.0 Å². The van der Waals surface area contributed by atoms with Crippen molar-refractivity contribution in [1.82, 2.24) is 10.8 Å². The maximum atomic E-state index is 11.1. The highest BCUT2D eigenvalue weighted by molar-refractivity contribution is 6.64. The molecule has 1 amide bonds. The predicted octanol–water partition coefficient (Wildman–Crippen LogP) is -2.43. The van der Waals surface area contributed by atoms with E-state index in [1.165, 1.54) is 5.48 Å². The van der Waals surface area contributed by atoms with Gasteiger partial charge in [-0.05, 0) is 11.6 Å². The largest absolute Gasteiger partial charge is 0.394 e. The minimum Gasteiger partial charge on any atom is -0.394 e. The number of hydrogen-bond donors (Lipinski definition) is 5. The molecule has 7 nitrogen and oxygen atoms in total. The maximum Gasteiger partial charge on any atom is 0.246 e. The number of halogens is 1. The minimum atomic E-state index is -1.26. The monoisotopic (exact) mass is 226 g/mol. The first-order chi connectivity index (χ1) is 6.56. The van der Waals surface area contributed by atoms with Crippen molar-refractivity contribution in [2.75, 3.05) is 13.2 Å². The highest BCUT2D eigenvalue weighted by Gasteiger charge is 2.22. The van der Waals surface area contributed by atoms with Gasteiger partial charge in [-0.25, -0.2) is 0 Å². The van der Waals surface area contributed by atoms with E-state index in [2.05, 4.69) is 0 Å². The standard InChI is InChI=1S/C6H11ClN2O5/c7-5(12)3(1-10)8-6(13)4(2-11)9-14/h3-4,9-11,14H,1-2H2,(H,8,13)/t3-,4-/m0/s1. The number of nitrogens with one attached hydrogen (secondary N) is 2. The van der Waals surface area contributed by atoms with Crippen LogP contribution in [0.25, 0.3) is 0 Å². The van der Waals surface area contributed by atoms with Crippen molar-refractivity contribution in [2.24, 2.45) is 0 Å². The number of amides is 1. The van der Waals surface area contributed by atoms with Gasteiger partial charge < -0.3 is 20.7 Å². The Balaban J connectivity index is 4.20. The van der Waals surface area contributed by atoms with E-state index < -0.39 is 36.4 Å². The molecule has 2 atom stereocenters. The number of rotatable bonds is 6. The second-order valence-corrected chi connectivity index (χ2v) is 2.78. The van der Waals surface area contributed by atoms with E-state index in [1.54, 1.807) is 0 Å². The Hall–Kier alpha value is -0.730. The first-order valence-electron chi connectivity index (χ1n) is 3.67. The molecule has 0 spiro atoms. The summed E-state index contributed by atoms with van der Waals surface area (Å²) in [6.45, 7) is -1.31. The van der Waals surface area contributed by atoms with Gasteiger partial charge in [0.1, 0.15) is 12.1 Å². The highest BCUT2D eigenvalue weighted by Crippen LogP contribution is 1.92. The van der Waals surface area contributed by atoms with Crippen LogP contribution >= 0.6 is 11.6 Å². The fourth-order valence-corrected chi connectivity index (χ4v) is 0.752. The third-order valence-corrected chi connectivity index (χ3v) is 1.69. The van der Waals surface area contributed by atoms with Crippen LogP contribution in [0.3, 0.4) is 0 Å². The van der Waals surface area contributed by atoms with Crippen molar-refractivity contribution in [2.45, 2.75) is 12.1 Å². The fraction of sp³-hybridized carbons (Fsp3) is 0.667. The van der Waals surface area contributed by atoms with Crippen LogP contribution in [0, 0.1) is 0 Å². The fourth-order valence-electron chi connectivity index (χ4n) is 0.629. The average molecular weight is 227 g/mol. The van der Waals surface area contributed by atoms with Gasteiger partial charge in [0.2, 0.25) is 11.1 Å². The number of aliphatic hydroxyl groups is 2. The zero-order valence-corrected chi connectivity index (χ0v) is 7.86. The molecule has 0 aliphatic heterocycles. The van der Waals surface area contributed by atoms with Crippen molar-refractivity contribution >= 4 is 22.8 Å². The lowest BCUT2D eigenvalue weighted by atomic mass is 10.2. The van der Waals surface area contributed by atoms with Gasteiger partial charge in [0.05, 0.1) is 13.2 Å². The molecule has 14 heavy (non-hydrogen) atoms. The molecule has 0 unspecified atom stereocenters. The van der Waals surface area contributed by atoms with Crippen molar-refractivity contribution in [3.8, 4) is 0 Å². The normalized spacial score (nSPS) is 14.6. The Kier molecular flexibility index (Phi) is 6.34. The lowest BCUT2D eigenvalue weighted by Gasteiger charge is -2.16. The van der Waals surface area contributed by atoms with Crippen molar-refractivity contribution < 1.29 is 25.0 Å². The zero-order valence-electron chi connectivity index (χ0n) is 7.11. The molecule has 0 rings (SSSR count). The molecule has 5 N–H and O–H groups in total. The minimum absolute atomic E-state index is 0.655. The number of aliphatic hydroxyl groups excluding tert-OH is 2. The second kappa shape index (κ2) is 6.68. The van der Waals surface area contributed by atoms with Crippen LogP contribution in [-0.4, -0.2) is 51.9 Å². The molecule has 0 aromatic heterocycles. The third kappa shape index (κ3) is 3.99. The first kappa shape index (κ1) is 13.3. The van der Waals surface area contributed by atoms with E-state index in [1.807, 2.05) is 5.32 Å². The van der Waals surface area contributed by atoms with Crippen LogP contribution in [0.2, 0.25) is 0 Å². The number of hydroxylamine groups is 1. The zero-order chi connectivity index (χ0) is 11.1. The molecule has 0 aliphatic rings. The summed E-state index contributed by atoms with van der Waals surface area (Å²) in [7, 11) is 0. The third-order valence-electron chi connectivity index (χ3n) is 1.43. The molecule has 0 heterocycles. The van der Waals surface area contributed by atoms with Crippen LogP contribution < -0.4 is 10.8 Å². The smallest absolute Gasteiger partial charge is 0.246 e. The molecule has 82 valence electrons. The van der Waals surface area contributed by atoms with E-state index in [-0.39, 0.29) is 0 Å². The summed E-state index contributed by atoms with van der Waals surface area (Å²) in [4.78, 5) is 21.6. The molecule has 0 aromatic carbocycles. The molecule has 0 saturated heterocycles. The topological polar surface area (TPSA) is 119 Å². The molecular weight excluding hydrogens is 216 g/mol. The summed E-state index contributed by atoms with van der Waals surface area (Å²) in [5.74, 6) is -0.844. The number of carbonyl (C=O) groups is 2. The Bertz CT molecular complexity index is 208. The van der Waals surface area contributed by atoms with Gasteiger partial charge >= 0.3 is 0 Å². The maximum absolute atomic E-state index is 11.1. The Morgan fingerprint density at radius 3 is 2.00 bits per heavy atom. The summed E-state index contributed by atoms with van der Waals surface area (Å²) < 4.78 is 0. The van der Waals surface area contributed by atoms with Gasteiger partial charge in [0.25, 0.3) is 0 Å². The van der Waals surface area contributed by atoms with Crippen molar-refractivity contribution in [3.63, 3.8) is 0 Å². The molecule has 0 saturated carbocycles. The molecule has 0 bridgehead atoms. The SMILES string of the molecule is O=C(Cl)[C@H](CO)NC(=O)[C@H](CO)NO. The lowest BCUT2D eigenvalue weighted by molar-refractivity contribution is -0.130. The molecular formula is C6H11ClN2O5. The van der Waals surface area contributed by atoms with E-state index >= 15 is 0 Å². The van der Waals surface area contributed by atoms with Gasteiger partial charge in [-0.15, -0.1) is 0 Å². The van der Waals surface area contributed by atoms with Crippen molar-refractivity contribution in [3.05, 3.63) is 0 Å². The van der Waals surface area contributed by atoms with Gasteiger partial charge in [-0.2, -0.15) is 5.48 Å². The van der Waals surface area contributed by atoms with Gasteiger partial charge in [0.15, 0.2) is 0 Å². The van der Waals surface area contributed by atoms with Gasteiger partial charge in [-0.3, -0.25) is 9.59 Å². The van der Waals surface area contributed by atoms with E-state index in [0.29, 0.717) is 0 Å².